The van der Waals surface area contributed by atoms with E-state index in [-0.39, 0.29) is 5.63 Å². The SMILES string of the molecule is Cc1ccc2c(CSc3nc4ccccc4c4nc5ccccc5n34)cc(=O)oc2c1. The zero-order chi connectivity index (χ0) is 20.9. The van der Waals surface area contributed by atoms with Gasteiger partial charge >= 0.3 is 5.63 Å². The van der Waals surface area contributed by atoms with E-state index in [9.17, 15) is 4.79 Å². The molecule has 0 atom stereocenters. The molecule has 6 aromatic rings. The molecular formula is C25H17N3O2S. The second-order valence-corrected chi connectivity index (χ2v) is 8.49. The van der Waals surface area contributed by atoms with Gasteiger partial charge in [0.25, 0.3) is 0 Å². The molecule has 0 fully saturated rings. The number of fused-ring (bicyclic) bond motifs is 6. The van der Waals surface area contributed by atoms with E-state index in [2.05, 4.69) is 16.5 Å². The van der Waals surface area contributed by atoms with E-state index in [1.807, 2.05) is 61.5 Å². The first-order valence-electron chi connectivity index (χ1n) is 9.99. The largest absolute Gasteiger partial charge is 0.423 e. The fourth-order valence-electron chi connectivity index (χ4n) is 4.01. The summed E-state index contributed by atoms with van der Waals surface area (Å²) in [6, 6.07) is 23.7. The maximum Gasteiger partial charge on any atom is 0.336 e. The van der Waals surface area contributed by atoms with Gasteiger partial charge in [0.05, 0.1) is 16.6 Å². The average Bonchev–Trinajstić information content (AvgIpc) is 3.17. The standard InChI is InChI=1S/C25H17N3O2S/c1-15-10-11-17-16(13-23(29)30-22(17)12-15)14-31-25-27-19-7-3-2-6-18(19)24-26-20-8-4-5-9-21(20)28(24)25/h2-13H,14H2,1H3. The van der Waals surface area contributed by atoms with Gasteiger partial charge in [0.1, 0.15) is 11.2 Å². The highest BCUT2D eigenvalue weighted by molar-refractivity contribution is 7.98. The van der Waals surface area contributed by atoms with Crippen LogP contribution in [0.25, 0.3) is 38.6 Å². The van der Waals surface area contributed by atoms with Crippen LogP contribution in [-0.4, -0.2) is 14.4 Å². The molecule has 31 heavy (non-hydrogen) atoms. The lowest BCUT2D eigenvalue weighted by Gasteiger charge is -2.09. The van der Waals surface area contributed by atoms with Crippen molar-refractivity contribution in [2.75, 3.05) is 0 Å². The Labute approximate surface area is 181 Å². The summed E-state index contributed by atoms with van der Waals surface area (Å²) in [5, 5.41) is 2.81. The van der Waals surface area contributed by atoms with Gasteiger partial charge in [-0.1, -0.05) is 48.2 Å². The van der Waals surface area contributed by atoms with Crippen LogP contribution in [0.2, 0.25) is 0 Å². The zero-order valence-electron chi connectivity index (χ0n) is 16.7. The summed E-state index contributed by atoms with van der Waals surface area (Å²) in [4.78, 5) is 22.0. The minimum atomic E-state index is -0.335. The maximum absolute atomic E-state index is 12.1. The third kappa shape index (κ3) is 2.99. The van der Waals surface area contributed by atoms with Gasteiger partial charge in [0.2, 0.25) is 0 Å². The van der Waals surface area contributed by atoms with Crippen LogP contribution >= 0.6 is 11.8 Å². The lowest BCUT2D eigenvalue weighted by atomic mass is 10.1. The van der Waals surface area contributed by atoms with Crippen molar-refractivity contribution in [1.29, 1.82) is 0 Å². The van der Waals surface area contributed by atoms with Crippen molar-refractivity contribution < 1.29 is 4.42 Å². The second-order valence-electron chi connectivity index (χ2n) is 7.55. The number of thioether (sulfide) groups is 1. The molecule has 0 radical (unpaired) electrons. The van der Waals surface area contributed by atoms with Crippen LogP contribution in [0.1, 0.15) is 11.1 Å². The molecule has 150 valence electrons. The topological polar surface area (TPSA) is 60.4 Å². The second kappa shape index (κ2) is 6.96. The van der Waals surface area contributed by atoms with Gasteiger partial charge < -0.3 is 4.42 Å². The molecule has 6 heteroatoms. The highest BCUT2D eigenvalue weighted by Crippen LogP contribution is 2.31. The Hall–Kier alpha value is -3.64. The number of hydrogen-bond acceptors (Lipinski definition) is 5. The number of para-hydroxylation sites is 3. The van der Waals surface area contributed by atoms with Crippen molar-refractivity contribution in [3.8, 4) is 0 Å². The molecule has 6 rings (SSSR count). The summed E-state index contributed by atoms with van der Waals surface area (Å²) >= 11 is 1.60. The normalized spacial score (nSPS) is 11.8. The molecule has 3 aromatic carbocycles. The third-order valence-corrected chi connectivity index (χ3v) is 6.44. The number of hydrogen-bond donors (Lipinski definition) is 0. The van der Waals surface area contributed by atoms with Crippen molar-refractivity contribution in [1.82, 2.24) is 14.4 Å². The first-order valence-corrected chi connectivity index (χ1v) is 11.0. The fourth-order valence-corrected chi connectivity index (χ4v) is 5.01. The Balaban J connectivity index is 1.54. The highest BCUT2D eigenvalue weighted by atomic mass is 32.2. The predicted molar refractivity (Wildman–Crippen MR) is 125 cm³/mol. The minimum Gasteiger partial charge on any atom is -0.423 e. The van der Waals surface area contributed by atoms with Crippen molar-refractivity contribution in [2.45, 2.75) is 17.8 Å². The Morgan fingerprint density at radius 2 is 1.71 bits per heavy atom. The van der Waals surface area contributed by atoms with Gasteiger partial charge in [-0.25, -0.2) is 14.8 Å². The van der Waals surface area contributed by atoms with E-state index in [0.717, 1.165) is 49.3 Å². The number of aromatic nitrogens is 3. The van der Waals surface area contributed by atoms with Crippen LogP contribution in [0.4, 0.5) is 0 Å². The van der Waals surface area contributed by atoms with E-state index in [1.165, 1.54) is 0 Å². The van der Waals surface area contributed by atoms with Crippen LogP contribution in [-0.2, 0) is 5.75 Å². The number of rotatable bonds is 3. The highest BCUT2D eigenvalue weighted by Gasteiger charge is 2.15. The van der Waals surface area contributed by atoms with E-state index < -0.39 is 0 Å². The van der Waals surface area contributed by atoms with E-state index in [4.69, 9.17) is 14.4 Å². The smallest absolute Gasteiger partial charge is 0.336 e. The molecule has 0 amide bonds. The van der Waals surface area contributed by atoms with Gasteiger partial charge in [0.15, 0.2) is 5.16 Å². The fraction of sp³-hybridized carbons (Fsp3) is 0.0800. The van der Waals surface area contributed by atoms with E-state index in [1.54, 1.807) is 17.8 Å². The molecule has 0 aliphatic heterocycles. The van der Waals surface area contributed by atoms with Crippen molar-refractivity contribution in [3.63, 3.8) is 0 Å². The molecule has 3 heterocycles. The summed E-state index contributed by atoms with van der Waals surface area (Å²) in [6.07, 6.45) is 0. The van der Waals surface area contributed by atoms with Crippen molar-refractivity contribution >= 4 is 50.3 Å². The van der Waals surface area contributed by atoms with Gasteiger partial charge in [-0.05, 0) is 48.4 Å². The molecule has 3 aromatic heterocycles. The quantitative estimate of drug-likeness (QED) is 0.206. The van der Waals surface area contributed by atoms with Gasteiger partial charge in [-0.15, -0.1) is 0 Å². The summed E-state index contributed by atoms with van der Waals surface area (Å²) < 4.78 is 7.52. The maximum atomic E-state index is 12.1. The summed E-state index contributed by atoms with van der Waals surface area (Å²) in [5.74, 6) is 0.595. The molecule has 0 bridgehead atoms. The molecule has 0 spiro atoms. The number of benzene rings is 3. The van der Waals surface area contributed by atoms with Crippen LogP contribution in [0, 0.1) is 6.92 Å². The average molecular weight is 423 g/mol. The van der Waals surface area contributed by atoms with Gasteiger partial charge in [-0.3, -0.25) is 4.40 Å². The van der Waals surface area contributed by atoms with Gasteiger partial charge in [-0.2, -0.15) is 0 Å². The van der Waals surface area contributed by atoms with E-state index in [0.29, 0.717) is 11.3 Å². The zero-order valence-corrected chi connectivity index (χ0v) is 17.5. The molecule has 0 saturated carbocycles. The summed E-state index contributed by atoms with van der Waals surface area (Å²) in [7, 11) is 0. The summed E-state index contributed by atoms with van der Waals surface area (Å²) in [6.45, 7) is 1.99. The number of imidazole rings is 1. The first kappa shape index (κ1) is 18.2. The molecule has 0 saturated heterocycles. The van der Waals surface area contributed by atoms with Crippen LogP contribution < -0.4 is 5.63 Å². The summed E-state index contributed by atoms with van der Waals surface area (Å²) in [5.41, 5.74) is 6.02. The number of aryl methyl sites for hydroxylation is 1. The predicted octanol–water partition coefficient (Wildman–Crippen LogP) is 5.74. The van der Waals surface area contributed by atoms with Gasteiger partial charge in [0, 0.05) is 22.6 Å². The van der Waals surface area contributed by atoms with Crippen molar-refractivity contribution in [2.24, 2.45) is 0 Å². The number of nitrogens with zero attached hydrogens (tertiary/aromatic N) is 3. The molecule has 0 aliphatic rings. The molecule has 0 unspecified atom stereocenters. The lowest BCUT2D eigenvalue weighted by molar-refractivity contribution is 0.559. The third-order valence-electron chi connectivity index (χ3n) is 5.46. The Morgan fingerprint density at radius 3 is 2.61 bits per heavy atom. The van der Waals surface area contributed by atoms with Crippen molar-refractivity contribution in [3.05, 3.63) is 94.3 Å². The molecule has 5 nitrogen and oxygen atoms in total. The van der Waals surface area contributed by atoms with Crippen LogP contribution in [0.15, 0.2) is 87.2 Å². The first-order chi connectivity index (χ1) is 15.2. The Kier molecular flexibility index (Phi) is 4.07. The van der Waals surface area contributed by atoms with Crippen LogP contribution in [0.3, 0.4) is 0 Å². The molecule has 0 N–H and O–H groups in total. The monoisotopic (exact) mass is 423 g/mol. The molecule has 0 aliphatic carbocycles. The molecular weight excluding hydrogens is 406 g/mol. The minimum absolute atomic E-state index is 0.335. The Bertz CT molecular complexity index is 1680. The lowest BCUT2D eigenvalue weighted by Crippen LogP contribution is -2.01. The van der Waals surface area contributed by atoms with E-state index >= 15 is 0 Å². The van der Waals surface area contributed by atoms with Crippen LogP contribution in [0.5, 0.6) is 0 Å². The Morgan fingerprint density at radius 1 is 0.903 bits per heavy atom.